The number of nitrogens with one attached hydrogen (secondary N) is 4. The van der Waals surface area contributed by atoms with E-state index >= 15 is 0 Å². The number of β-amino-alcohol motifs (C(OH)–C–C–N with tert-alkyl or cyclic N) is 1. The van der Waals surface area contributed by atoms with Crippen molar-refractivity contribution < 1.29 is 14.6 Å². The summed E-state index contributed by atoms with van der Waals surface area (Å²) in [6.07, 6.45) is 7.58. The minimum absolute atomic E-state index is 0.0717. The summed E-state index contributed by atoms with van der Waals surface area (Å²) >= 11 is 0. The summed E-state index contributed by atoms with van der Waals surface area (Å²) in [5.41, 5.74) is 3.59. The molecule has 3 aromatic heterocycles. The summed E-state index contributed by atoms with van der Waals surface area (Å²) in [5.74, 6) is 0.917. The fraction of sp³-hybridized carbons (Fsp3) is 0.517. The van der Waals surface area contributed by atoms with Crippen molar-refractivity contribution in [2.75, 3.05) is 50.5 Å². The highest BCUT2D eigenvalue weighted by Gasteiger charge is 2.30. The van der Waals surface area contributed by atoms with Crippen molar-refractivity contribution in [1.82, 2.24) is 34.9 Å². The average Bonchev–Trinajstić information content (AvgIpc) is 3.53. The quantitative estimate of drug-likeness (QED) is 0.244. The minimum Gasteiger partial charge on any atom is -0.478 e. The fourth-order valence-corrected chi connectivity index (χ4v) is 5.71. The molecule has 2 unspecified atom stereocenters. The van der Waals surface area contributed by atoms with Crippen LogP contribution in [0, 0.1) is 0 Å². The Morgan fingerprint density at radius 3 is 2.74 bits per heavy atom. The minimum atomic E-state index is -0.734. The molecule has 5 heterocycles. The molecule has 5 rings (SSSR count). The first kappa shape index (κ1) is 29.5. The number of methoxy groups -OCH3 is 1. The van der Waals surface area contributed by atoms with Gasteiger partial charge in [-0.2, -0.15) is 0 Å². The number of rotatable bonds is 10. The average molecular weight is 579 g/mol. The zero-order valence-corrected chi connectivity index (χ0v) is 25.2. The van der Waals surface area contributed by atoms with Gasteiger partial charge in [-0.05, 0) is 38.8 Å². The summed E-state index contributed by atoms with van der Waals surface area (Å²) in [7, 11) is 3.42. The zero-order valence-electron chi connectivity index (χ0n) is 25.2. The second-order valence-corrected chi connectivity index (χ2v) is 11.6. The number of piperazine rings is 1. The van der Waals surface area contributed by atoms with Crippen LogP contribution in [-0.4, -0.2) is 105 Å². The highest BCUT2D eigenvalue weighted by atomic mass is 16.5. The largest absolute Gasteiger partial charge is 0.478 e. The third kappa shape index (κ3) is 6.42. The number of fused-ring (bicyclic) bond motifs is 1. The lowest BCUT2D eigenvalue weighted by Gasteiger charge is -2.40. The van der Waals surface area contributed by atoms with Crippen molar-refractivity contribution in [3.63, 3.8) is 0 Å². The lowest BCUT2D eigenvalue weighted by molar-refractivity contribution is -0.122. The number of aromatic nitrogens is 4. The number of hydrogen-bond donors (Lipinski definition) is 5. The van der Waals surface area contributed by atoms with Gasteiger partial charge in [0.25, 0.3) is 5.88 Å². The van der Waals surface area contributed by atoms with Crippen LogP contribution in [0.15, 0.2) is 35.2 Å². The molecule has 0 saturated carbocycles. The molecular formula is C29H42N10O3. The number of carbonyl (C=O) groups excluding carboxylic acids is 1. The number of ether oxygens (including phenoxy) is 1. The molecule has 0 radical (unpaired) electrons. The number of nitrogens with zero attached hydrogens (tertiary/aromatic N) is 6. The number of allylic oxidation sites excluding steroid dienone is 1. The summed E-state index contributed by atoms with van der Waals surface area (Å²) < 4.78 is 7.05. The van der Waals surface area contributed by atoms with Gasteiger partial charge >= 0.3 is 0 Å². The SMILES string of the molecule is CCC(C(=O)Nc1nccc2c(C3=C(C)C=NC(Nc4cn(C)nc4OC)N3)c[nH]c12)N1CCN(CC(C)(C)O)CC1. The first-order chi connectivity index (χ1) is 20.1. The van der Waals surface area contributed by atoms with E-state index in [2.05, 4.69) is 45.8 Å². The van der Waals surface area contributed by atoms with Gasteiger partial charge in [0.2, 0.25) is 5.91 Å². The van der Waals surface area contributed by atoms with Crippen LogP contribution in [0.25, 0.3) is 16.6 Å². The normalized spacial score (nSPS) is 19.2. The van der Waals surface area contributed by atoms with E-state index in [-0.39, 0.29) is 11.9 Å². The van der Waals surface area contributed by atoms with E-state index in [1.807, 2.05) is 59.4 Å². The molecular weight excluding hydrogens is 536 g/mol. The van der Waals surface area contributed by atoms with Gasteiger partial charge in [0.15, 0.2) is 12.1 Å². The predicted octanol–water partition coefficient (Wildman–Crippen LogP) is 2.21. The lowest BCUT2D eigenvalue weighted by Crippen LogP contribution is -2.55. The first-order valence-corrected chi connectivity index (χ1v) is 14.4. The molecule has 2 atom stereocenters. The van der Waals surface area contributed by atoms with E-state index in [1.54, 1.807) is 18.0 Å². The van der Waals surface area contributed by atoms with Crippen LogP contribution < -0.4 is 20.7 Å². The van der Waals surface area contributed by atoms with Gasteiger partial charge in [-0.25, -0.2) is 9.98 Å². The fourth-order valence-electron chi connectivity index (χ4n) is 5.71. The molecule has 0 aromatic carbocycles. The molecule has 1 amide bonds. The second kappa shape index (κ2) is 12.1. The number of pyridine rings is 1. The van der Waals surface area contributed by atoms with E-state index in [4.69, 9.17) is 4.74 Å². The molecule has 1 fully saturated rings. The standard InChI is InChI=1S/C29H42N10O3/c1-7-22(39-12-10-38(11-13-39)17-29(3,4)41)26(40)35-25-24-19(8-9-30-25)20(15-31-24)23-18(2)14-32-28(34-23)33-21-16-37(5)36-27(21)42-6/h8-9,14-16,22,28,31,33-34,41H,7,10-13,17H2,1-6H3,(H,30,35,40). The van der Waals surface area contributed by atoms with Crippen LogP contribution >= 0.6 is 0 Å². The molecule has 42 heavy (non-hydrogen) atoms. The third-order valence-electron chi connectivity index (χ3n) is 7.63. The number of H-pyrrole nitrogens is 1. The molecule has 2 aliphatic rings. The van der Waals surface area contributed by atoms with Gasteiger partial charge in [-0.3, -0.25) is 19.3 Å². The third-order valence-corrected chi connectivity index (χ3v) is 7.63. The number of aromatic amines is 1. The topological polar surface area (TPSA) is 148 Å². The number of carbonyl (C=O) groups is 1. The maximum atomic E-state index is 13.5. The predicted molar refractivity (Wildman–Crippen MR) is 165 cm³/mol. The maximum absolute atomic E-state index is 13.5. The van der Waals surface area contributed by atoms with Crippen molar-refractivity contribution in [1.29, 1.82) is 0 Å². The molecule has 1 saturated heterocycles. The van der Waals surface area contributed by atoms with Gasteiger partial charge in [-0.1, -0.05) is 6.92 Å². The van der Waals surface area contributed by atoms with Gasteiger partial charge in [-0.15, -0.1) is 5.10 Å². The number of aliphatic hydroxyl groups is 1. The lowest BCUT2D eigenvalue weighted by atomic mass is 10.1. The molecule has 5 N–H and O–H groups in total. The Morgan fingerprint density at radius 1 is 1.29 bits per heavy atom. The number of anilines is 2. The summed E-state index contributed by atoms with van der Waals surface area (Å²) in [6, 6.07) is 1.68. The van der Waals surface area contributed by atoms with Crippen LogP contribution in [0.2, 0.25) is 0 Å². The van der Waals surface area contributed by atoms with Crippen LogP contribution in [0.3, 0.4) is 0 Å². The second-order valence-electron chi connectivity index (χ2n) is 11.6. The maximum Gasteiger partial charge on any atom is 0.256 e. The highest BCUT2D eigenvalue weighted by molar-refractivity contribution is 6.05. The molecule has 13 heteroatoms. The van der Waals surface area contributed by atoms with Crippen molar-refractivity contribution in [3.05, 3.63) is 35.8 Å². The molecule has 13 nitrogen and oxygen atoms in total. The summed E-state index contributed by atoms with van der Waals surface area (Å²) in [5, 5.41) is 25.3. The van der Waals surface area contributed by atoms with Crippen LogP contribution in [-0.2, 0) is 11.8 Å². The van der Waals surface area contributed by atoms with Gasteiger partial charge in [0.05, 0.1) is 36.2 Å². The summed E-state index contributed by atoms with van der Waals surface area (Å²) in [6.45, 7) is 11.5. The molecule has 0 bridgehead atoms. The van der Waals surface area contributed by atoms with Crippen LogP contribution in [0.5, 0.6) is 5.88 Å². The first-order valence-electron chi connectivity index (χ1n) is 14.4. The Hall–Kier alpha value is -3.94. The zero-order chi connectivity index (χ0) is 30.0. The van der Waals surface area contributed by atoms with Gasteiger partial charge in [0, 0.05) is 69.3 Å². The molecule has 2 aliphatic heterocycles. The molecule has 0 aliphatic carbocycles. The van der Waals surface area contributed by atoms with E-state index < -0.39 is 11.9 Å². The van der Waals surface area contributed by atoms with Crippen LogP contribution in [0.1, 0.15) is 39.7 Å². The number of aryl methyl sites for hydroxylation is 1. The summed E-state index contributed by atoms with van der Waals surface area (Å²) in [4.78, 5) is 30.4. The highest BCUT2D eigenvalue weighted by Crippen LogP contribution is 2.31. The van der Waals surface area contributed by atoms with E-state index in [9.17, 15) is 9.90 Å². The molecule has 226 valence electrons. The smallest absolute Gasteiger partial charge is 0.256 e. The number of amides is 1. The Balaban J connectivity index is 1.30. The molecule has 3 aromatic rings. The number of hydrogen-bond acceptors (Lipinski definition) is 10. The van der Waals surface area contributed by atoms with Gasteiger partial charge < -0.3 is 30.8 Å². The number of aliphatic imine (C=N–C) groups is 1. The molecule has 0 spiro atoms. The van der Waals surface area contributed by atoms with Crippen molar-refractivity contribution in [2.24, 2.45) is 12.0 Å². The van der Waals surface area contributed by atoms with E-state index in [1.165, 1.54) is 0 Å². The van der Waals surface area contributed by atoms with Crippen LogP contribution in [0.4, 0.5) is 11.5 Å². The Morgan fingerprint density at radius 2 is 2.05 bits per heavy atom. The Bertz CT molecular complexity index is 1480. The monoisotopic (exact) mass is 578 g/mol. The van der Waals surface area contributed by atoms with E-state index in [0.717, 1.165) is 59.6 Å². The Labute approximate surface area is 246 Å². The Kier molecular flexibility index (Phi) is 8.53. The van der Waals surface area contributed by atoms with Gasteiger partial charge in [0.1, 0.15) is 5.69 Å². The van der Waals surface area contributed by atoms with E-state index in [0.29, 0.717) is 24.7 Å². The van der Waals surface area contributed by atoms with Crippen molar-refractivity contribution in [3.8, 4) is 5.88 Å². The van der Waals surface area contributed by atoms with Crippen molar-refractivity contribution in [2.45, 2.75) is 52.0 Å². The van der Waals surface area contributed by atoms with Crippen molar-refractivity contribution >= 4 is 40.2 Å².